The Morgan fingerprint density at radius 3 is 2.42 bits per heavy atom. The minimum atomic E-state index is 0.446. The Morgan fingerprint density at radius 1 is 1.16 bits per heavy atom. The molecule has 1 aromatic heterocycles. The molecule has 1 fully saturated rings. The van der Waals surface area contributed by atoms with Crippen LogP contribution in [0.1, 0.15) is 62.4 Å². The first-order chi connectivity index (χ1) is 9.22. The van der Waals surface area contributed by atoms with Crippen LogP contribution in [0.15, 0.2) is 4.47 Å². The van der Waals surface area contributed by atoms with Crippen molar-refractivity contribution < 1.29 is 4.74 Å². The van der Waals surface area contributed by atoms with Crippen LogP contribution >= 0.6 is 27.5 Å². The quantitative estimate of drug-likeness (QED) is 0.732. The monoisotopic (exact) mass is 346 g/mol. The molecule has 3 nitrogen and oxygen atoms in total. The second-order valence-electron chi connectivity index (χ2n) is 5.11. The molecule has 0 bridgehead atoms. The number of hydrogen-bond acceptors (Lipinski definition) is 3. The van der Waals surface area contributed by atoms with Gasteiger partial charge in [0.25, 0.3) is 0 Å². The van der Waals surface area contributed by atoms with E-state index in [4.69, 9.17) is 16.3 Å². The zero-order valence-corrected chi connectivity index (χ0v) is 13.6. The molecule has 0 spiro atoms. The van der Waals surface area contributed by atoms with Gasteiger partial charge in [0.2, 0.25) is 0 Å². The molecule has 0 amide bonds. The van der Waals surface area contributed by atoms with Crippen molar-refractivity contribution in [2.75, 3.05) is 7.11 Å². The van der Waals surface area contributed by atoms with E-state index in [1.165, 1.54) is 44.9 Å². The molecule has 0 N–H and O–H groups in total. The molecule has 5 heteroatoms. The molecule has 1 saturated carbocycles. The molecule has 0 aromatic carbocycles. The highest BCUT2D eigenvalue weighted by atomic mass is 79.9. The van der Waals surface area contributed by atoms with Crippen LogP contribution < -0.4 is 0 Å². The fraction of sp³-hybridized carbons (Fsp3) is 0.714. The lowest BCUT2D eigenvalue weighted by Gasteiger charge is -2.19. The number of halogens is 2. The van der Waals surface area contributed by atoms with Crippen LogP contribution in [0.25, 0.3) is 0 Å². The standard InChI is InChI=1S/C14H20BrClN2O/c1-19-9-11-12(15)13(16)18-14(17-11)10-7-5-3-2-4-6-8-10/h10H,2-9H2,1H3. The van der Waals surface area contributed by atoms with Gasteiger partial charge in [-0.25, -0.2) is 9.97 Å². The lowest BCUT2D eigenvalue weighted by atomic mass is 9.90. The van der Waals surface area contributed by atoms with Crippen molar-refractivity contribution >= 4 is 27.5 Å². The molecule has 1 aliphatic carbocycles. The van der Waals surface area contributed by atoms with Crippen molar-refractivity contribution in [1.82, 2.24) is 9.97 Å². The summed E-state index contributed by atoms with van der Waals surface area (Å²) in [6.45, 7) is 0.461. The summed E-state index contributed by atoms with van der Waals surface area (Å²) in [5.41, 5.74) is 0.847. The predicted molar refractivity (Wildman–Crippen MR) is 80.5 cm³/mol. The Morgan fingerprint density at radius 2 is 1.79 bits per heavy atom. The summed E-state index contributed by atoms with van der Waals surface area (Å²) in [5.74, 6) is 1.34. The van der Waals surface area contributed by atoms with Gasteiger partial charge in [-0.1, -0.05) is 43.7 Å². The van der Waals surface area contributed by atoms with E-state index in [0.717, 1.165) is 16.0 Å². The van der Waals surface area contributed by atoms with Crippen molar-refractivity contribution in [3.05, 3.63) is 21.1 Å². The molecule has 19 heavy (non-hydrogen) atoms. The number of hydrogen-bond donors (Lipinski definition) is 0. The van der Waals surface area contributed by atoms with Gasteiger partial charge in [-0.3, -0.25) is 0 Å². The van der Waals surface area contributed by atoms with E-state index in [9.17, 15) is 0 Å². The average Bonchev–Trinajstić information content (AvgIpc) is 2.34. The van der Waals surface area contributed by atoms with Gasteiger partial charge in [0.05, 0.1) is 16.8 Å². The number of rotatable bonds is 3. The third-order valence-corrected chi connectivity index (χ3v) is 4.98. The number of ether oxygens (including phenoxy) is 1. The molecule has 106 valence electrons. The molecular formula is C14H20BrClN2O. The number of aromatic nitrogens is 2. The maximum atomic E-state index is 6.19. The maximum Gasteiger partial charge on any atom is 0.147 e. The first-order valence-corrected chi connectivity index (χ1v) is 8.10. The maximum absolute atomic E-state index is 6.19. The van der Waals surface area contributed by atoms with Crippen LogP contribution in [-0.4, -0.2) is 17.1 Å². The fourth-order valence-corrected chi connectivity index (χ4v) is 3.10. The minimum Gasteiger partial charge on any atom is -0.378 e. The van der Waals surface area contributed by atoms with Crippen molar-refractivity contribution in [1.29, 1.82) is 0 Å². The van der Waals surface area contributed by atoms with E-state index >= 15 is 0 Å². The molecule has 0 unspecified atom stereocenters. The van der Waals surface area contributed by atoms with Crippen molar-refractivity contribution in [2.24, 2.45) is 0 Å². The molecule has 1 heterocycles. The summed E-state index contributed by atoms with van der Waals surface area (Å²) in [6.07, 6.45) is 8.89. The molecule has 2 rings (SSSR count). The summed E-state index contributed by atoms with van der Waals surface area (Å²) < 4.78 is 5.93. The highest BCUT2D eigenvalue weighted by molar-refractivity contribution is 9.10. The average molecular weight is 348 g/mol. The van der Waals surface area contributed by atoms with Crippen LogP contribution in [0, 0.1) is 0 Å². The van der Waals surface area contributed by atoms with Gasteiger partial charge >= 0.3 is 0 Å². The third-order valence-electron chi connectivity index (χ3n) is 3.65. The smallest absolute Gasteiger partial charge is 0.147 e. The van der Waals surface area contributed by atoms with Crippen LogP contribution in [0.2, 0.25) is 5.15 Å². The van der Waals surface area contributed by atoms with Gasteiger partial charge in [0.1, 0.15) is 11.0 Å². The van der Waals surface area contributed by atoms with E-state index in [-0.39, 0.29) is 0 Å². The van der Waals surface area contributed by atoms with Gasteiger partial charge in [-0.05, 0) is 28.8 Å². The van der Waals surface area contributed by atoms with Crippen LogP contribution in [0.4, 0.5) is 0 Å². The Hall–Kier alpha value is -0.190. The molecule has 0 saturated heterocycles. The SMILES string of the molecule is COCc1nc(C2CCCCCCC2)nc(Cl)c1Br. The normalized spacial score (nSPS) is 18.1. The van der Waals surface area contributed by atoms with E-state index in [2.05, 4.69) is 25.9 Å². The Kier molecular flexibility index (Phi) is 6.05. The summed E-state index contributed by atoms with van der Waals surface area (Å²) in [4.78, 5) is 9.11. The largest absolute Gasteiger partial charge is 0.378 e. The number of nitrogens with zero attached hydrogens (tertiary/aromatic N) is 2. The molecule has 0 aliphatic heterocycles. The lowest BCUT2D eigenvalue weighted by molar-refractivity contribution is 0.180. The third kappa shape index (κ3) is 4.14. The summed E-state index contributed by atoms with van der Waals surface area (Å²) >= 11 is 9.62. The van der Waals surface area contributed by atoms with Crippen LogP contribution in [0.5, 0.6) is 0 Å². The molecule has 1 aliphatic rings. The molecule has 0 radical (unpaired) electrons. The second kappa shape index (κ2) is 7.55. The fourth-order valence-electron chi connectivity index (χ4n) is 2.61. The zero-order valence-electron chi connectivity index (χ0n) is 11.3. The van der Waals surface area contributed by atoms with Crippen LogP contribution in [-0.2, 0) is 11.3 Å². The predicted octanol–water partition coefficient (Wildman–Crippen LogP) is 4.87. The van der Waals surface area contributed by atoms with Crippen molar-refractivity contribution in [3.63, 3.8) is 0 Å². The first kappa shape index (κ1) is 15.2. The number of methoxy groups -OCH3 is 1. The topological polar surface area (TPSA) is 35.0 Å². The van der Waals surface area contributed by atoms with Crippen molar-refractivity contribution in [3.8, 4) is 0 Å². The zero-order chi connectivity index (χ0) is 13.7. The minimum absolute atomic E-state index is 0.446. The van der Waals surface area contributed by atoms with Gasteiger partial charge in [-0.2, -0.15) is 0 Å². The Balaban J connectivity index is 2.22. The highest BCUT2D eigenvalue weighted by Gasteiger charge is 2.19. The van der Waals surface area contributed by atoms with E-state index < -0.39 is 0 Å². The molecule has 1 aromatic rings. The van der Waals surface area contributed by atoms with E-state index in [1.54, 1.807) is 7.11 Å². The highest BCUT2D eigenvalue weighted by Crippen LogP contribution is 2.32. The van der Waals surface area contributed by atoms with Gasteiger partial charge < -0.3 is 4.74 Å². The van der Waals surface area contributed by atoms with Gasteiger partial charge in [0, 0.05) is 13.0 Å². The molecular weight excluding hydrogens is 328 g/mol. The Labute approximate surface area is 128 Å². The molecule has 0 atom stereocenters. The first-order valence-electron chi connectivity index (χ1n) is 6.93. The lowest BCUT2D eigenvalue weighted by Crippen LogP contribution is -2.10. The summed E-state index contributed by atoms with van der Waals surface area (Å²) in [7, 11) is 1.66. The van der Waals surface area contributed by atoms with Gasteiger partial charge in [0.15, 0.2) is 0 Å². The van der Waals surface area contributed by atoms with Gasteiger partial charge in [-0.15, -0.1) is 0 Å². The summed E-state index contributed by atoms with van der Waals surface area (Å²) in [6, 6.07) is 0. The van der Waals surface area contributed by atoms with Crippen LogP contribution in [0.3, 0.4) is 0 Å². The second-order valence-corrected chi connectivity index (χ2v) is 6.26. The Bertz CT molecular complexity index is 420. The van der Waals surface area contributed by atoms with Crippen molar-refractivity contribution in [2.45, 2.75) is 57.5 Å². The van der Waals surface area contributed by atoms with E-state index in [0.29, 0.717) is 17.7 Å². The summed E-state index contributed by atoms with van der Waals surface area (Å²) in [5, 5.41) is 0.499. The van der Waals surface area contributed by atoms with E-state index in [1.807, 2.05) is 0 Å².